The maximum absolute atomic E-state index is 13.7. The van der Waals surface area contributed by atoms with Gasteiger partial charge in [0, 0.05) is 37.8 Å². The zero-order valence-corrected chi connectivity index (χ0v) is 23.9. The lowest BCUT2D eigenvalue weighted by molar-refractivity contribution is -0.384. The molecule has 0 radical (unpaired) electrons. The summed E-state index contributed by atoms with van der Waals surface area (Å²) >= 11 is 5.86. The summed E-state index contributed by atoms with van der Waals surface area (Å²) in [7, 11) is -4.33. The Morgan fingerprint density at radius 3 is 2.45 bits per heavy atom. The molecule has 1 heterocycles. The van der Waals surface area contributed by atoms with Gasteiger partial charge in [-0.25, -0.2) is 13.2 Å². The van der Waals surface area contributed by atoms with Gasteiger partial charge in [-0.05, 0) is 43.9 Å². The van der Waals surface area contributed by atoms with Crippen molar-refractivity contribution in [2.45, 2.75) is 68.5 Å². The second-order valence-corrected chi connectivity index (χ2v) is 12.5. The standard InChI is InChI=1S/C27H34ClN5O6S/c1-19-18-31(14-15-32(19)27(35)29-21-10-6-3-7-11-21)26(34)24(16-20-8-4-2-5-9-20)30-40(38,39)22-12-13-23(28)25(17-22)33(36)37/h2,4-5,8-9,12-13,17,19,21,24,30H,3,6-7,10-11,14-16,18H2,1H3,(H,29,35). The molecule has 13 heteroatoms. The predicted octanol–water partition coefficient (Wildman–Crippen LogP) is 3.71. The molecule has 2 atom stereocenters. The number of carbonyl (C=O) groups is 2. The minimum Gasteiger partial charge on any atom is -0.337 e. The third-order valence-electron chi connectivity index (χ3n) is 7.44. The number of nitro benzene ring substituents is 1. The van der Waals surface area contributed by atoms with Crippen LogP contribution in [0.2, 0.25) is 5.02 Å². The molecule has 0 bridgehead atoms. The molecule has 3 amide bonds. The normalized spacial score (nSPS) is 19.2. The Balaban J connectivity index is 1.50. The van der Waals surface area contributed by atoms with Crippen molar-refractivity contribution in [2.75, 3.05) is 19.6 Å². The summed E-state index contributed by atoms with van der Waals surface area (Å²) in [4.78, 5) is 40.1. The SMILES string of the molecule is CC1CN(C(=O)C(Cc2ccccc2)NS(=O)(=O)c2ccc(Cl)c([N+](=O)[O-])c2)CCN1C(=O)NC1CCCCC1. The number of carbonyl (C=O) groups excluding carboxylic acids is 2. The van der Waals surface area contributed by atoms with Crippen molar-refractivity contribution < 1.29 is 22.9 Å². The molecule has 0 aromatic heterocycles. The summed E-state index contributed by atoms with van der Waals surface area (Å²) in [6, 6.07) is 10.7. The van der Waals surface area contributed by atoms with Gasteiger partial charge in [0.05, 0.1) is 9.82 Å². The number of sulfonamides is 1. The van der Waals surface area contributed by atoms with Crippen LogP contribution in [-0.2, 0) is 21.2 Å². The third-order valence-corrected chi connectivity index (χ3v) is 9.22. The van der Waals surface area contributed by atoms with Crippen molar-refractivity contribution >= 4 is 39.2 Å². The Kier molecular flexibility index (Phi) is 9.64. The van der Waals surface area contributed by atoms with Crippen LogP contribution >= 0.6 is 11.6 Å². The van der Waals surface area contributed by atoms with E-state index in [-0.39, 0.29) is 47.5 Å². The monoisotopic (exact) mass is 591 g/mol. The average Bonchev–Trinajstić information content (AvgIpc) is 2.93. The van der Waals surface area contributed by atoms with Gasteiger partial charge in [0.2, 0.25) is 15.9 Å². The molecule has 2 unspecified atom stereocenters. The van der Waals surface area contributed by atoms with Crippen LogP contribution in [0.5, 0.6) is 0 Å². The number of amides is 3. The first-order valence-corrected chi connectivity index (χ1v) is 15.3. The largest absolute Gasteiger partial charge is 0.337 e. The van der Waals surface area contributed by atoms with Crippen LogP contribution in [-0.4, -0.2) is 72.8 Å². The van der Waals surface area contributed by atoms with Crippen molar-refractivity contribution in [1.29, 1.82) is 0 Å². The highest BCUT2D eigenvalue weighted by atomic mass is 35.5. The third kappa shape index (κ3) is 7.29. The molecule has 11 nitrogen and oxygen atoms in total. The van der Waals surface area contributed by atoms with Crippen LogP contribution in [0.1, 0.15) is 44.6 Å². The van der Waals surface area contributed by atoms with Gasteiger partial charge in [-0.3, -0.25) is 14.9 Å². The van der Waals surface area contributed by atoms with E-state index in [1.54, 1.807) is 34.1 Å². The summed E-state index contributed by atoms with van der Waals surface area (Å²) in [5.74, 6) is -0.435. The zero-order valence-electron chi connectivity index (χ0n) is 22.3. The van der Waals surface area contributed by atoms with Crippen molar-refractivity contribution in [2.24, 2.45) is 0 Å². The van der Waals surface area contributed by atoms with Gasteiger partial charge in [0.1, 0.15) is 11.1 Å². The number of nitrogens with one attached hydrogen (secondary N) is 2. The van der Waals surface area contributed by atoms with E-state index in [0.29, 0.717) is 6.54 Å². The van der Waals surface area contributed by atoms with Gasteiger partial charge in [0.25, 0.3) is 5.69 Å². The summed E-state index contributed by atoms with van der Waals surface area (Å²) < 4.78 is 29.1. The summed E-state index contributed by atoms with van der Waals surface area (Å²) in [6.45, 7) is 2.68. The molecule has 216 valence electrons. The number of piperazine rings is 1. The van der Waals surface area contributed by atoms with E-state index >= 15 is 0 Å². The van der Waals surface area contributed by atoms with E-state index in [4.69, 9.17) is 11.6 Å². The molecule has 40 heavy (non-hydrogen) atoms. The highest BCUT2D eigenvalue weighted by molar-refractivity contribution is 7.89. The van der Waals surface area contributed by atoms with Crippen molar-refractivity contribution in [3.05, 3.63) is 69.2 Å². The number of hydrogen-bond acceptors (Lipinski definition) is 6. The lowest BCUT2D eigenvalue weighted by Gasteiger charge is -2.41. The van der Waals surface area contributed by atoms with Gasteiger partial charge in [0.15, 0.2) is 0 Å². The van der Waals surface area contributed by atoms with Crippen LogP contribution in [0.15, 0.2) is 53.4 Å². The smallest absolute Gasteiger partial charge is 0.317 e. The second kappa shape index (κ2) is 13.0. The number of benzene rings is 2. The van der Waals surface area contributed by atoms with Gasteiger partial charge in [-0.15, -0.1) is 0 Å². The first-order chi connectivity index (χ1) is 19.0. The number of nitrogens with zero attached hydrogens (tertiary/aromatic N) is 3. The molecule has 2 aromatic rings. The number of rotatable bonds is 8. The molecule has 4 rings (SSSR count). The van der Waals surface area contributed by atoms with Gasteiger partial charge in [-0.2, -0.15) is 4.72 Å². The van der Waals surface area contributed by atoms with E-state index in [9.17, 15) is 28.1 Å². The van der Waals surface area contributed by atoms with Crippen LogP contribution in [0, 0.1) is 10.1 Å². The summed E-state index contributed by atoms with van der Waals surface area (Å²) in [5.41, 5.74) is 0.191. The number of hydrogen-bond donors (Lipinski definition) is 2. The van der Waals surface area contributed by atoms with E-state index in [1.165, 1.54) is 6.42 Å². The lowest BCUT2D eigenvalue weighted by Crippen LogP contribution is -2.61. The maximum Gasteiger partial charge on any atom is 0.317 e. The minimum absolute atomic E-state index is 0.0747. The summed E-state index contributed by atoms with van der Waals surface area (Å²) in [5, 5.41) is 14.2. The molecule has 2 aromatic carbocycles. The molecular weight excluding hydrogens is 558 g/mol. The molecule has 2 aliphatic rings. The Labute approximate surface area is 239 Å². The highest BCUT2D eigenvalue weighted by Crippen LogP contribution is 2.27. The van der Waals surface area contributed by atoms with E-state index in [2.05, 4.69) is 10.0 Å². The molecule has 1 saturated heterocycles. The maximum atomic E-state index is 13.7. The molecule has 2 fully saturated rings. The lowest BCUT2D eigenvalue weighted by atomic mass is 9.96. The van der Waals surface area contributed by atoms with Crippen molar-refractivity contribution in [3.8, 4) is 0 Å². The topological polar surface area (TPSA) is 142 Å². The average molecular weight is 592 g/mol. The van der Waals surface area contributed by atoms with Gasteiger partial charge >= 0.3 is 6.03 Å². The molecule has 2 N–H and O–H groups in total. The number of nitro groups is 1. The molecule has 0 spiro atoms. The Bertz CT molecular complexity index is 1340. The fourth-order valence-electron chi connectivity index (χ4n) is 5.27. The second-order valence-electron chi connectivity index (χ2n) is 10.3. The highest BCUT2D eigenvalue weighted by Gasteiger charge is 2.35. The van der Waals surface area contributed by atoms with Crippen LogP contribution in [0.25, 0.3) is 0 Å². The van der Waals surface area contributed by atoms with Gasteiger partial charge < -0.3 is 15.1 Å². The van der Waals surface area contributed by atoms with Gasteiger partial charge in [-0.1, -0.05) is 61.2 Å². The van der Waals surface area contributed by atoms with Crippen LogP contribution in [0.4, 0.5) is 10.5 Å². The van der Waals surface area contributed by atoms with Crippen molar-refractivity contribution in [3.63, 3.8) is 0 Å². The van der Waals surface area contributed by atoms with Crippen molar-refractivity contribution in [1.82, 2.24) is 19.8 Å². The fourth-order valence-corrected chi connectivity index (χ4v) is 6.66. The number of urea groups is 1. The Morgan fingerprint density at radius 1 is 1.10 bits per heavy atom. The quantitative estimate of drug-likeness (QED) is 0.354. The minimum atomic E-state index is -4.33. The number of halogens is 1. The Hall–Kier alpha value is -3.22. The molecule has 1 aliphatic heterocycles. The van der Waals surface area contributed by atoms with E-state index in [1.807, 2.05) is 13.0 Å². The summed E-state index contributed by atoms with van der Waals surface area (Å²) in [6.07, 6.45) is 5.40. The molecule has 1 aliphatic carbocycles. The Morgan fingerprint density at radius 2 is 1.80 bits per heavy atom. The molecular formula is C27H34ClN5O6S. The molecule has 1 saturated carbocycles. The first-order valence-electron chi connectivity index (χ1n) is 13.4. The first kappa shape index (κ1) is 29.8. The van der Waals surface area contributed by atoms with Crippen LogP contribution in [0.3, 0.4) is 0 Å². The van der Waals surface area contributed by atoms with E-state index in [0.717, 1.165) is 49.4 Å². The fraction of sp³-hybridized carbons (Fsp3) is 0.481. The predicted molar refractivity (Wildman–Crippen MR) is 151 cm³/mol. The zero-order chi connectivity index (χ0) is 28.9. The van der Waals surface area contributed by atoms with Crippen LogP contribution < -0.4 is 10.0 Å². The van der Waals surface area contributed by atoms with E-state index < -0.39 is 32.6 Å².